The number of allylic oxidation sites excluding steroid dienone is 2. The quantitative estimate of drug-likeness (QED) is 0.646. The summed E-state index contributed by atoms with van der Waals surface area (Å²) in [5.41, 5.74) is 1.35. The van der Waals surface area contributed by atoms with E-state index in [-0.39, 0.29) is 23.7 Å². The van der Waals surface area contributed by atoms with Crippen molar-refractivity contribution in [3.63, 3.8) is 0 Å². The Morgan fingerprint density at radius 3 is 2.68 bits per heavy atom. The van der Waals surface area contributed by atoms with Crippen LogP contribution >= 0.6 is 0 Å². The molecule has 104 valence electrons. The Bertz CT molecular complexity index is 413. The van der Waals surface area contributed by atoms with Crippen LogP contribution in [-0.4, -0.2) is 38.1 Å². The number of quaternary nitrogens is 1. The van der Waals surface area contributed by atoms with E-state index < -0.39 is 0 Å². The van der Waals surface area contributed by atoms with Gasteiger partial charge >= 0.3 is 0 Å². The zero-order chi connectivity index (χ0) is 13.2. The highest BCUT2D eigenvalue weighted by Gasteiger charge is 2.42. The highest BCUT2D eigenvalue weighted by molar-refractivity contribution is 6.03. The fourth-order valence-electron chi connectivity index (χ4n) is 3.53. The van der Waals surface area contributed by atoms with E-state index in [4.69, 9.17) is 4.74 Å². The summed E-state index contributed by atoms with van der Waals surface area (Å²) in [7, 11) is 0. The Morgan fingerprint density at radius 2 is 2.00 bits per heavy atom. The average Bonchev–Trinajstić information content (AvgIpc) is 2.79. The molecule has 2 N–H and O–H groups in total. The van der Waals surface area contributed by atoms with E-state index in [0.29, 0.717) is 6.42 Å². The van der Waals surface area contributed by atoms with Crippen molar-refractivity contribution in [2.24, 2.45) is 11.8 Å². The van der Waals surface area contributed by atoms with E-state index in [9.17, 15) is 9.59 Å². The zero-order valence-electron chi connectivity index (χ0n) is 11.1. The van der Waals surface area contributed by atoms with Crippen LogP contribution in [0.3, 0.4) is 0 Å². The van der Waals surface area contributed by atoms with Crippen LogP contribution in [0.4, 0.5) is 0 Å². The van der Waals surface area contributed by atoms with Crippen molar-refractivity contribution >= 4 is 11.8 Å². The fourth-order valence-corrected chi connectivity index (χ4v) is 3.53. The van der Waals surface area contributed by atoms with E-state index in [2.05, 4.69) is 11.4 Å². The molecule has 2 amide bonds. The number of ether oxygens (including phenoxy) is 1. The van der Waals surface area contributed by atoms with E-state index in [1.165, 1.54) is 10.6 Å². The van der Waals surface area contributed by atoms with Gasteiger partial charge in [-0.1, -0.05) is 0 Å². The molecule has 3 rings (SSSR count). The van der Waals surface area contributed by atoms with E-state index in [1.807, 2.05) is 0 Å². The van der Waals surface area contributed by atoms with Crippen molar-refractivity contribution in [2.75, 3.05) is 26.3 Å². The molecule has 0 unspecified atom stereocenters. The molecule has 0 aromatic heterocycles. The Morgan fingerprint density at radius 1 is 1.21 bits per heavy atom. The van der Waals surface area contributed by atoms with Crippen LogP contribution in [0.2, 0.25) is 0 Å². The van der Waals surface area contributed by atoms with Crippen molar-refractivity contribution in [1.82, 2.24) is 5.32 Å². The number of nitrogens with one attached hydrogen (secondary N) is 2. The third-order valence-electron chi connectivity index (χ3n) is 4.48. The first-order chi connectivity index (χ1) is 9.25. The summed E-state index contributed by atoms with van der Waals surface area (Å²) in [6.45, 7) is 3.53. The summed E-state index contributed by atoms with van der Waals surface area (Å²) in [5.74, 6) is -0.0879. The molecule has 3 aliphatic rings. The maximum atomic E-state index is 11.9. The molecule has 1 aliphatic carbocycles. The second-order valence-electron chi connectivity index (χ2n) is 5.64. The minimum Gasteiger partial charge on any atom is -0.370 e. The Labute approximate surface area is 113 Å². The van der Waals surface area contributed by atoms with Gasteiger partial charge in [0.1, 0.15) is 18.8 Å². The number of carbonyl (C=O) groups is 2. The summed E-state index contributed by atoms with van der Waals surface area (Å²) < 4.78 is 5.41. The minimum absolute atomic E-state index is 0.0736. The van der Waals surface area contributed by atoms with Gasteiger partial charge in [0, 0.05) is 12.3 Å². The van der Waals surface area contributed by atoms with Crippen LogP contribution in [0.15, 0.2) is 11.8 Å². The highest BCUT2D eigenvalue weighted by Crippen LogP contribution is 2.32. The van der Waals surface area contributed by atoms with Crippen LogP contribution in [-0.2, 0) is 14.3 Å². The van der Waals surface area contributed by atoms with Crippen LogP contribution in [0.25, 0.3) is 0 Å². The molecule has 0 saturated carbocycles. The van der Waals surface area contributed by atoms with Crippen LogP contribution in [0, 0.1) is 11.8 Å². The number of imide groups is 1. The van der Waals surface area contributed by atoms with Gasteiger partial charge in [0.2, 0.25) is 11.8 Å². The van der Waals surface area contributed by atoms with Gasteiger partial charge in [-0.05, 0) is 25.3 Å². The zero-order valence-corrected chi connectivity index (χ0v) is 11.1. The first-order valence-corrected chi connectivity index (χ1v) is 7.22. The normalized spacial score (nSPS) is 33.2. The lowest BCUT2D eigenvalue weighted by molar-refractivity contribution is -0.874. The first kappa shape index (κ1) is 12.8. The average molecular weight is 265 g/mol. The van der Waals surface area contributed by atoms with Crippen molar-refractivity contribution in [3.8, 4) is 0 Å². The molecule has 2 heterocycles. The number of amides is 2. The number of hydrogen-bond acceptors (Lipinski definition) is 3. The molecule has 2 atom stereocenters. The molecular weight excluding hydrogens is 244 g/mol. The number of carbonyl (C=O) groups excluding carboxylic acids is 2. The second kappa shape index (κ2) is 5.43. The molecule has 19 heavy (non-hydrogen) atoms. The number of morpholine rings is 1. The maximum Gasteiger partial charge on any atom is 0.231 e. The summed E-state index contributed by atoms with van der Waals surface area (Å²) >= 11 is 0. The number of hydrogen-bond donors (Lipinski definition) is 2. The largest absolute Gasteiger partial charge is 0.370 e. The van der Waals surface area contributed by atoms with Gasteiger partial charge in [-0.3, -0.25) is 14.9 Å². The fraction of sp³-hybridized carbons (Fsp3) is 0.714. The van der Waals surface area contributed by atoms with Gasteiger partial charge in [-0.25, -0.2) is 0 Å². The Hall–Kier alpha value is -1.20. The molecule has 0 bridgehead atoms. The molecule has 0 aromatic carbocycles. The lowest BCUT2D eigenvalue weighted by Gasteiger charge is -2.33. The van der Waals surface area contributed by atoms with Crippen molar-refractivity contribution < 1.29 is 19.2 Å². The summed E-state index contributed by atoms with van der Waals surface area (Å²) in [6, 6.07) is 0. The maximum absolute atomic E-state index is 11.9. The van der Waals surface area contributed by atoms with Crippen molar-refractivity contribution in [2.45, 2.75) is 25.7 Å². The lowest BCUT2D eigenvalue weighted by atomic mass is 9.80. The lowest BCUT2D eigenvalue weighted by Crippen LogP contribution is -3.13. The molecule has 0 spiro atoms. The number of rotatable bonds is 2. The molecule has 2 aliphatic heterocycles. The van der Waals surface area contributed by atoms with Gasteiger partial charge in [-0.2, -0.15) is 0 Å². The van der Waals surface area contributed by atoms with Gasteiger partial charge < -0.3 is 9.64 Å². The summed E-state index contributed by atoms with van der Waals surface area (Å²) in [4.78, 5) is 24.8. The second-order valence-corrected chi connectivity index (χ2v) is 5.64. The monoisotopic (exact) mass is 265 g/mol. The Balaban J connectivity index is 1.78. The Kier molecular flexibility index (Phi) is 3.66. The molecule has 0 radical (unpaired) electrons. The molecule has 2 saturated heterocycles. The standard InChI is InChI=1S/C14H20N2O3/c17-13-9-11(14(18)15-13)10-3-1-2-4-12(10)16-5-7-19-8-6-16/h4,10-11H,1-3,5-9H2,(H,15,17,18)/p+1/t10-,11+/m1/s1. The van der Waals surface area contributed by atoms with Crippen LogP contribution < -0.4 is 10.2 Å². The van der Waals surface area contributed by atoms with Crippen molar-refractivity contribution in [3.05, 3.63) is 11.8 Å². The topological polar surface area (TPSA) is 59.8 Å². The first-order valence-electron chi connectivity index (χ1n) is 7.22. The third-order valence-corrected chi connectivity index (χ3v) is 4.48. The SMILES string of the molecule is O=C1C[C@@H]([C@H]2CCCC=C2[NH+]2CCOCC2)C(=O)N1. The molecule has 0 aromatic rings. The van der Waals surface area contributed by atoms with Crippen LogP contribution in [0.1, 0.15) is 25.7 Å². The van der Waals surface area contributed by atoms with E-state index in [1.54, 1.807) is 0 Å². The van der Waals surface area contributed by atoms with Crippen LogP contribution in [0.5, 0.6) is 0 Å². The van der Waals surface area contributed by atoms with Gasteiger partial charge in [0.15, 0.2) is 0 Å². The van der Waals surface area contributed by atoms with Crippen molar-refractivity contribution in [1.29, 1.82) is 0 Å². The smallest absolute Gasteiger partial charge is 0.231 e. The summed E-state index contributed by atoms with van der Waals surface area (Å²) in [6.07, 6.45) is 5.91. The highest BCUT2D eigenvalue weighted by atomic mass is 16.5. The van der Waals surface area contributed by atoms with E-state index in [0.717, 1.165) is 45.6 Å². The van der Waals surface area contributed by atoms with E-state index >= 15 is 0 Å². The van der Waals surface area contributed by atoms with Gasteiger partial charge in [0.25, 0.3) is 0 Å². The molecular formula is C14H21N2O3+. The van der Waals surface area contributed by atoms with Gasteiger partial charge in [-0.15, -0.1) is 0 Å². The molecule has 2 fully saturated rings. The molecule has 5 heteroatoms. The third kappa shape index (κ3) is 2.58. The van der Waals surface area contributed by atoms with Gasteiger partial charge in [0.05, 0.1) is 19.1 Å². The minimum atomic E-state index is -0.144. The summed E-state index contributed by atoms with van der Waals surface area (Å²) in [5, 5.41) is 2.45. The predicted octanol–water partition coefficient (Wildman–Crippen LogP) is -0.752. The molecule has 5 nitrogen and oxygen atoms in total. The predicted molar refractivity (Wildman–Crippen MR) is 68.2 cm³/mol.